The van der Waals surface area contributed by atoms with Crippen molar-refractivity contribution >= 4 is 22.8 Å². The van der Waals surface area contributed by atoms with Gasteiger partial charge in [-0.1, -0.05) is 30.3 Å². The summed E-state index contributed by atoms with van der Waals surface area (Å²) in [7, 11) is 3.39. The molecular weight excluding hydrogens is 426 g/mol. The summed E-state index contributed by atoms with van der Waals surface area (Å²) in [5, 5.41) is 16.1. The molecule has 1 fully saturated rings. The lowest BCUT2D eigenvalue weighted by Gasteiger charge is -2.35. The van der Waals surface area contributed by atoms with Gasteiger partial charge < -0.3 is 24.7 Å². The number of piperazine rings is 1. The van der Waals surface area contributed by atoms with Crippen molar-refractivity contribution in [1.82, 2.24) is 14.8 Å². The first-order valence-corrected chi connectivity index (χ1v) is 10.6. The van der Waals surface area contributed by atoms with E-state index in [0.717, 1.165) is 50.8 Å². The lowest BCUT2D eigenvalue weighted by molar-refractivity contribution is -0.159. The SMILES string of the molecule is COc1cccc(CN2CCN(Cc3c[nH]c4ccccc34)CC2)c1OC.O=C(O)C(=O)O. The number of rotatable bonds is 6. The second-order valence-electron chi connectivity index (χ2n) is 7.67. The Kier molecular flexibility index (Phi) is 8.28. The molecule has 3 aromatic rings. The molecule has 3 N–H and O–H groups in total. The number of benzene rings is 2. The van der Waals surface area contributed by atoms with Gasteiger partial charge in [0, 0.05) is 61.9 Å². The maximum atomic E-state index is 9.10. The van der Waals surface area contributed by atoms with Crippen molar-refractivity contribution in [2.45, 2.75) is 13.1 Å². The Balaban J connectivity index is 0.000000454. The second-order valence-corrected chi connectivity index (χ2v) is 7.67. The van der Waals surface area contributed by atoms with Gasteiger partial charge in [0.25, 0.3) is 0 Å². The van der Waals surface area contributed by atoms with Crippen LogP contribution in [0.15, 0.2) is 48.7 Å². The smallest absolute Gasteiger partial charge is 0.414 e. The van der Waals surface area contributed by atoms with Gasteiger partial charge in [-0.15, -0.1) is 0 Å². The van der Waals surface area contributed by atoms with Crippen molar-refractivity contribution in [3.63, 3.8) is 0 Å². The molecule has 1 aromatic heterocycles. The van der Waals surface area contributed by atoms with Crippen LogP contribution < -0.4 is 9.47 Å². The molecule has 0 radical (unpaired) electrons. The lowest BCUT2D eigenvalue weighted by Crippen LogP contribution is -2.45. The van der Waals surface area contributed by atoms with E-state index in [-0.39, 0.29) is 0 Å². The van der Waals surface area contributed by atoms with Crippen LogP contribution in [0, 0.1) is 0 Å². The summed E-state index contributed by atoms with van der Waals surface area (Å²) >= 11 is 0. The molecule has 0 saturated carbocycles. The predicted molar refractivity (Wildman–Crippen MR) is 124 cm³/mol. The van der Waals surface area contributed by atoms with E-state index in [1.54, 1.807) is 14.2 Å². The monoisotopic (exact) mass is 455 g/mol. The van der Waals surface area contributed by atoms with Crippen LogP contribution in [0.25, 0.3) is 10.9 Å². The second kappa shape index (κ2) is 11.3. The van der Waals surface area contributed by atoms with Crippen LogP contribution in [0.1, 0.15) is 11.1 Å². The molecule has 0 spiro atoms. The van der Waals surface area contributed by atoms with Gasteiger partial charge in [-0.05, 0) is 17.7 Å². The van der Waals surface area contributed by atoms with E-state index in [2.05, 4.69) is 51.3 Å². The predicted octanol–water partition coefficient (Wildman–Crippen LogP) is 2.66. The molecule has 33 heavy (non-hydrogen) atoms. The highest BCUT2D eigenvalue weighted by molar-refractivity contribution is 6.27. The highest BCUT2D eigenvalue weighted by atomic mass is 16.5. The third-order valence-electron chi connectivity index (χ3n) is 5.60. The van der Waals surface area contributed by atoms with Crippen molar-refractivity contribution in [3.05, 3.63) is 59.8 Å². The normalized spacial score (nSPS) is 14.4. The molecule has 4 rings (SSSR count). The number of nitrogens with one attached hydrogen (secondary N) is 1. The van der Waals surface area contributed by atoms with E-state index in [1.807, 2.05) is 12.1 Å². The number of carbonyl (C=O) groups is 2. The quantitative estimate of drug-likeness (QED) is 0.486. The van der Waals surface area contributed by atoms with Crippen LogP contribution in [0.5, 0.6) is 11.5 Å². The highest BCUT2D eigenvalue weighted by Crippen LogP contribution is 2.31. The van der Waals surface area contributed by atoms with Crippen molar-refractivity contribution in [3.8, 4) is 11.5 Å². The average molecular weight is 456 g/mol. The van der Waals surface area contributed by atoms with E-state index in [0.29, 0.717) is 0 Å². The van der Waals surface area contributed by atoms with Crippen molar-refractivity contribution in [2.24, 2.45) is 0 Å². The molecule has 0 unspecified atom stereocenters. The standard InChI is InChI=1S/C22H27N3O2.C2H2O4/c1-26-21-9-5-6-17(22(21)27-2)15-24-10-12-25(13-11-24)16-18-14-23-20-8-4-3-7-19(18)20;3-1(4)2(5)6/h3-9,14,23H,10-13,15-16H2,1-2H3;(H,3,4)(H,5,6). The van der Waals surface area contributed by atoms with Gasteiger partial charge in [0.2, 0.25) is 0 Å². The van der Waals surface area contributed by atoms with Crippen LogP contribution in [0.3, 0.4) is 0 Å². The minimum absolute atomic E-state index is 0.799. The summed E-state index contributed by atoms with van der Waals surface area (Å²) in [6.07, 6.45) is 2.15. The Labute approximate surface area is 192 Å². The number of carboxylic acid groups (broad SMARTS) is 2. The zero-order valence-electron chi connectivity index (χ0n) is 18.8. The third-order valence-corrected chi connectivity index (χ3v) is 5.60. The number of para-hydroxylation sites is 2. The van der Waals surface area contributed by atoms with Gasteiger partial charge in [0.05, 0.1) is 14.2 Å². The zero-order valence-corrected chi connectivity index (χ0v) is 18.8. The number of methoxy groups -OCH3 is 2. The van der Waals surface area contributed by atoms with Gasteiger partial charge in [-0.3, -0.25) is 9.80 Å². The van der Waals surface area contributed by atoms with E-state index in [1.165, 1.54) is 22.0 Å². The molecule has 0 atom stereocenters. The molecule has 0 aliphatic carbocycles. The Hall–Kier alpha value is -3.56. The Morgan fingerprint density at radius 2 is 1.45 bits per heavy atom. The molecule has 2 aromatic carbocycles. The van der Waals surface area contributed by atoms with Gasteiger partial charge in [-0.25, -0.2) is 9.59 Å². The molecule has 9 nitrogen and oxygen atoms in total. The van der Waals surface area contributed by atoms with Crippen LogP contribution >= 0.6 is 0 Å². The largest absolute Gasteiger partial charge is 0.493 e. The van der Waals surface area contributed by atoms with Crippen molar-refractivity contribution in [1.29, 1.82) is 0 Å². The highest BCUT2D eigenvalue weighted by Gasteiger charge is 2.20. The van der Waals surface area contributed by atoms with Crippen molar-refractivity contribution < 1.29 is 29.3 Å². The van der Waals surface area contributed by atoms with E-state index in [9.17, 15) is 0 Å². The lowest BCUT2D eigenvalue weighted by atomic mass is 10.1. The number of ether oxygens (including phenoxy) is 2. The number of nitrogens with zero attached hydrogens (tertiary/aromatic N) is 2. The first kappa shape index (κ1) is 24.1. The number of hydrogen-bond donors (Lipinski definition) is 3. The molecule has 1 saturated heterocycles. The summed E-state index contributed by atoms with van der Waals surface area (Å²) in [6, 6.07) is 14.6. The summed E-state index contributed by atoms with van der Waals surface area (Å²) in [5.74, 6) is -2.00. The van der Waals surface area contributed by atoms with Crippen LogP contribution in [-0.2, 0) is 22.7 Å². The first-order chi connectivity index (χ1) is 15.9. The van der Waals surface area contributed by atoms with E-state index < -0.39 is 11.9 Å². The number of fused-ring (bicyclic) bond motifs is 1. The number of aromatic amines is 1. The maximum absolute atomic E-state index is 9.10. The van der Waals surface area contributed by atoms with Crippen LogP contribution in [-0.4, -0.2) is 77.3 Å². The molecule has 0 bridgehead atoms. The molecule has 1 aliphatic rings. The number of aliphatic carboxylic acids is 2. The van der Waals surface area contributed by atoms with Gasteiger partial charge in [0.15, 0.2) is 11.5 Å². The Bertz CT molecular complexity index is 1080. The third kappa shape index (κ3) is 6.24. The summed E-state index contributed by atoms with van der Waals surface area (Å²) in [6.45, 7) is 6.16. The Morgan fingerprint density at radius 1 is 0.848 bits per heavy atom. The number of carboxylic acids is 2. The number of hydrogen-bond acceptors (Lipinski definition) is 6. The minimum Gasteiger partial charge on any atom is -0.493 e. The fourth-order valence-corrected chi connectivity index (χ4v) is 3.93. The fraction of sp³-hybridized carbons (Fsp3) is 0.333. The summed E-state index contributed by atoms with van der Waals surface area (Å²) in [4.78, 5) is 26.6. The first-order valence-electron chi connectivity index (χ1n) is 10.6. The van der Waals surface area contributed by atoms with Gasteiger partial charge in [0.1, 0.15) is 0 Å². The van der Waals surface area contributed by atoms with Crippen molar-refractivity contribution in [2.75, 3.05) is 40.4 Å². The molecule has 9 heteroatoms. The maximum Gasteiger partial charge on any atom is 0.414 e. The topological polar surface area (TPSA) is 115 Å². The summed E-state index contributed by atoms with van der Waals surface area (Å²) < 4.78 is 11.0. The fourth-order valence-electron chi connectivity index (χ4n) is 3.93. The average Bonchev–Trinajstić information content (AvgIpc) is 3.23. The molecule has 2 heterocycles. The molecular formula is C24H29N3O6. The van der Waals surface area contributed by atoms with Crippen LogP contribution in [0.2, 0.25) is 0 Å². The molecule has 176 valence electrons. The minimum atomic E-state index is -1.82. The molecule has 1 aliphatic heterocycles. The van der Waals surface area contributed by atoms with Crippen LogP contribution in [0.4, 0.5) is 0 Å². The molecule has 0 amide bonds. The number of H-pyrrole nitrogens is 1. The zero-order chi connectivity index (χ0) is 23.8. The van der Waals surface area contributed by atoms with Gasteiger partial charge in [-0.2, -0.15) is 0 Å². The Morgan fingerprint density at radius 3 is 2.03 bits per heavy atom. The number of aromatic nitrogens is 1. The van der Waals surface area contributed by atoms with E-state index >= 15 is 0 Å². The summed E-state index contributed by atoms with van der Waals surface area (Å²) in [5.41, 5.74) is 3.78. The van der Waals surface area contributed by atoms with E-state index in [4.69, 9.17) is 29.3 Å². The van der Waals surface area contributed by atoms with Gasteiger partial charge >= 0.3 is 11.9 Å².